The number of imidazole rings is 1. The Kier molecular flexibility index (Phi) is 3.25. The molecular weight excluding hydrogens is 258 g/mol. The fourth-order valence-electron chi connectivity index (χ4n) is 3.13. The zero-order chi connectivity index (χ0) is 15.1. The van der Waals surface area contributed by atoms with Gasteiger partial charge in [0.1, 0.15) is 17.3 Å². The molecule has 0 spiro atoms. The summed E-state index contributed by atoms with van der Waals surface area (Å²) >= 11 is 0. The SMILES string of the molecule is C#CCn1c(C2CC2)nc(-c2c(C)cc(C)cc2C)c1N. The molecule has 0 atom stereocenters. The van der Waals surface area contributed by atoms with E-state index >= 15 is 0 Å². The number of benzene rings is 1. The van der Waals surface area contributed by atoms with E-state index in [-0.39, 0.29) is 0 Å². The Morgan fingerprint density at radius 3 is 2.43 bits per heavy atom. The third-order valence-corrected chi connectivity index (χ3v) is 4.14. The normalized spacial score (nSPS) is 14.2. The van der Waals surface area contributed by atoms with Crippen molar-refractivity contribution in [2.45, 2.75) is 46.1 Å². The average molecular weight is 279 g/mol. The average Bonchev–Trinajstić information content (AvgIpc) is 3.19. The quantitative estimate of drug-likeness (QED) is 0.873. The van der Waals surface area contributed by atoms with Gasteiger partial charge in [-0.2, -0.15) is 0 Å². The predicted molar refractivity (Wildman–Crippen MR) is 87.1 cm³/mol. The molecule has 1 aromatic carbocycles. The second kappa shape index (κ2) is 4.96. The van der Waals surface area contributed by atoms with Crippen molar-refractivity contribution < 1.29 is 0 Å². The van der Waals surface area contributed by atoms with Gasteiger partial charge < -0.3 is 10.3 Å². The van der Waals surface area contributed by atoms with Crippen LogP contribution in [0.5, 0.6) is 0 Å². The van der Waals surface area contributed by atoms with Crippen molar-refractivity contribution in [1.82, 2.24) is 9.55 Å². The van der Waals surface area contributed by atoms with Crippen molar-refractivity contribution in [1.29, 1.82) is 0 Å². The highest BCUT2D eigenvalue weighted by atomic mass is 15.1. The van der Waals surface area contributed by atoms with E-state index in [1.54, 1.807) is 0 Å². The maximum Gasteiger partial charge on any atom is 0.132 e. The Hall–Kier alpha value is -2.21. The van der Waals surface area contributed by atoms with Crippen LogP contribution in [-0.2, 0) is 6.54 Å². The van der Waals surface area contributed by atoms with Crippen LogP contribution in [0.15, 0.2) is 12.1 Å². The number of nitrogens with two attached hydrogens (primary N) is 1. The molecule has 0 saturated heterocycles. The first kappa shape index (κ1) is 13.8. The van der Waals surface area contributed by atoms with Crippen LogP contribution in [0.1, 0.15) is 41.3 Å². The van der Waals surface area contributed by atoms with Gasteiger partial charge in [0.25, 0.3) is 0 Å². The lowest BCUT2D eigenvalue weighted by molar-refractivity contribution is 0.762. The Morgan fingerprint density at radius 1 is 1.29 bits per heavy atom. The molecule has 1 aromatic heterocycles. The lowest BCUT2D eigenvalue weighted by Gasteiger charge is -2.10. The van der Waals surface area contributed by atoms with Crippen molar-refractivity contribution >= 4 is 5.82 Å². The maximum absolute atomic E-state index is 6.37. The minimum atomic E-state index is 0.495. The third-order valence-electron chi connectivity index (χ3n) is 4.14. The minimum absolute atomic E-state index is 0.495. The van der Waals surface area contributed by atoms with E-state index in [1.165, 1.54) is 29.5 Å². The van der Waals surface area contributed by atoms with E-state index in [4.69, 9.17) is 17.1 Å². The Morgan fingerprint density at radius 2 is 1.90 bits per heavy atom. The molecule has 21 heavy (non-hydrogen) atoms. The van der Waals surface area contributed by atoms with Crippen LogP contribution in [0, 0.1) is 33.1 Å². The molecule has 108 valence electrons. The predicted octanol–water partition coefficient (Wildman–Crippen LogP) is 3.57. The number of hydrogen-bond donors (Lipinski definition) is 1. The van der Waals surface area contributed by atoms with Crippen molar-refractivity contribution in [2.75, 3.05) is 5.73 Å². The largest absolute Gasteiger partial charge is 0.383 e. The first-order valence-corrected chi connectivity index (χ1v) is 7.40. The van der Waals surface area contributed by atoms with Gasteiger partial charge in [-0.15, -0.1) is 6.42 Å². The van der Waals surface area contributed by atoms with Gasteiger partial charge in [0.05, 0.1) is 6.54 Å². The highest BCUT2D eigenvalue weighted by molar-refractivity contribution is 5.77. The molecule has 0 bridgehead atoms. The molecule has 2 aromatic rings. The number of terminal acetylenes is 1. The molecular formula is C18H21N3. The van der Waals surface area contributed by atoms with E-state index in [0.717, 1.165) is 17.1 Å². The number of aromatic nitrogens is 2. The summed E-state index contributed by atoms with van der Waals surface area (Å²) in [4.78, 5) is 4.85. The van der Waals surface area contributed by atoms with Gasteiger partial charge in [0, 0.05) is 11.5 Å². The van der Waals surface area contributed by atoms with Gasteiger partial charge >= 0.3 is 0 Å². The molecule has 2 N–H and O–H groups in total. The molecule has 0 unspecified atom stereocenters. The molecule has 1 heterocycles. The molecule has 3 nitrogen and oxygen atoms in total. The van der Waals surface area contributed by atoms with E-state index in [1.807, 2.05) is 4.57 Å². The lowest BCUT2D eigenvalue weighted by Crippen LogP contribution is -2.05. The lowest BCUT2D eigenvalue weighted by atomic mass is 9.97. The van der Waals surface area contributed by atoms with Gasteiger partial charge in [-0.25, -0.2) is 4.98 Å². The van der Waals surface area contributed by atoms with Gasteiger partial charge in [-0.05, 0) is 44.7 Å². The number of nitrogens with zero attached hydrogens (tertiary/aromatic N) is 2. The van der Waals surface area contributed by atoms with Crippen LogP contribution in [0.4, 0.5) is 5.82 Å². The second-order valence-corrected chi connectivity index (χ2v) is 6.04. The first-order chi connectivity index (χ1) is 10.0. The van der Waals surface area contributed by atoms with E-state index in [9.17, 15) is 0 Å². The summed E-state index contributed by atoms with van der Waals surface area (Å²) in [6.07, 6.45) is 7.87. The number of nitrogen functional groups attached to an aromatic ring is 1. The smallest absolute Gasteiger partial charge is 0.132 e. The van der Waals surface area contributed by atoms with Crippen LogP contribution in [0.3, 0.4) is 0 Å². The monoisotopic (exact) mass is 279 g/mol. The molecule has 1 aliphatic rings. The molecule has 0 radical (unpaired) electrons. The van der Waals surface area contributed by atoms with E-state index < -0.39 is 0 Å². The Labute approximate surface area is 126 Å². The van der Waals surface area contributed by atoms with Gasteiger partial charge in [-0.3, -0.25) is 0 Å². The molecule has 0 aliphatic heterocycles. The van der Waals surface area contributed by atoms with E-state index in [0.29, 0.717) is 18.3 Å². The molecule has 1 saturated carbocycles. The van der Waals surface area contributed by atoms with Crippen LogP contribution < -0.4 is 5.73 Å². The summed E-state index contributed by atoms with van der Waals surface area (Å²) in [5, 5.41) is 0. The summed E-state index contributed by atoms with van der Waals surface area (Å²) in [7, 11) is 0. The van der Waals surface area contributed by atoms with Crippen LogP contribution in [0.25, 0.3) is 11.3 Å². The molecule has 3 heteroatoms. The zero-order valence-corrected chi connectivity index (χ0v) is 12.9. The standard InChI is InChI=1S/C18H21N3/c1-5-8-21-17(19)16(20-18(21)14-6-7-14)15-12(3)9-11(2)10-13(15)4/h1,9-10,14H,6-8,19H2,2-4H3. The fraction of sp³-hybridized carbons (Fsp3) is 0.389. The molecule has 0 amide bonds. The summed E-state index contributed by atoms with van der Waals surface area (Å²) in [5.74, 6) is 4.98. The first-order valence-electron chi connectivity index (χ1n) is 7.40. The maximum atomic E-state index is 6.37. The summed E-state index contributed by atoms with van der Waals surface area (Å²) in [6, 6.07) is 4.36. The molecule has 3 rings (SSSR count). The number of anilines is 1. The zero-order valence-electron chi connectivity index (χ0n) is 12.9. The number of rotatable bonds is 3. The van der Waals surface area contributed by atoms with Crippen molar-refractivity contribution in [3.63, 3.8) is 0 Å². The Balaban J connectivity index is 2.20. The number of hydrogen-bond acceptors (Lipinski definition) is 2. The van der Waals surface area contributed by atoms with Crippen LogP contribution in [0.2, 0.25) is 0 Å². The highest BCUT2D eigenvalue weighted by Gasteiger charge is 2.31. The van der Waals surface area contributed by atoms with E-state index in [2.05, 4.69) is 38.8 Å². The fourth-order valence-corrected chi connectivity index (χ4v) is 3.13. The summed E-state index contributed by atoms with van der Waals surface area (Å²) < 4.78 is 2.01. The van der Waals surface area contributed by atoms with Crippen molar-refractivity contribution in [2.24, 2.45) is 0 Å². The highest BCUT2D eigenvalue weighted by Crippen LogP contribution is 2.43. The summed E-state index contributed by atoms with van der Waals surface area (Å²) in [5.41, 5.74) is 12.1. The molecule has 1 fully saturated rings. The topological polar surface area (TPSA) is 43.8 Å². The second-order valence-electron chi connectivity index (χ2n) is 6.04. The third kappa shape index (κ3) is 2.31. The van der Waals surface area contributed by atoms with Gasteiger partial charge in [-0.1, -0.05) is 23.6 Å². The minimum Gasteiger partial charge on any atom is -0.383 e. The molecule has 1 aliphatic carbocycles. The summed E-state index contributed by atoms with van der Waals surface area (Å²) in [6.45, 7) is 6.84. The number of aryl methyl sites for hydroxylation is 3. The van der Waals surface area contributed by atoms with Gasteiger partial charge in [0.15, 0.2) is 0 Å². The van der Waals surface area contributed by atoms with Crippen LogP contribution in [-0.4, -0.2) is 9.55 Å². The van der Waals surface area contributed by atoms with Gasteiger partial charge in [0.2, 0.25) is 0 Å². The van der Waals surface area contributed by atoms with Crippen LogP contribution >= 0.6 is 0 Å². The van der Waals surface area contributed by atoms with Crippen molar-refractivity contribution in [3.05, 3.63) is 34.6 Å². The Bertz CT molecular complexity index is 720. The van der Waals surface area contributed by atoms with Crippen molar-refractivity contribution in [3.8, 4) is 23.6 Å².